The van der Waals surface area contributed by atoms with E-state index < -0.39 is 0 Å². The second-order valence-electron chi connectivity index (χ2n) is 7.33. The Morgan fingerprint density at radius 1 is 1.27 bits per heavy atom. The van der Waals surface area contributed by atoms with Crippen molar-refractivity contribution in [2.75, 3.05) is 13.1 Å². The summed E-state index contributed by atoms with van der Waals surface area (Å²) in [6.45, 7) is 3.97. The first kappa shape index (κ1) is 17.0. The average Bonchev–Trinajstić information content (AvgIpc) is 2.67. The summed E-state index contributed by atoms with van der Waals surface area (Å²) >= 11 is 0. The molecular weight excluding hydrogens is 326 g/mol. The zero-order valence-corrected chi connectivity index (χ0v) is 15.1. The van der Waals surface area contributed by atoms with Crippen LogP contribution >= 0.6 is 0 Å². The molecular formula is C21H25N3O2. The molecule has 3 heterocycles. The number of benzene rings is 1. The summed E-state index contributed by atoms with van der Waals surface area (Å²) in [5, 5.41) is 3.70. The van der Waals surface area contributed by atoms with E-state index in [0.29, 0.717) is 0 Å². The van der Waals surface area contributed by atoms with Crippen LogP contribution in [0, 0.1) is 0 Å². The minimum atomic E-state index is -0.188. The van der Waals surface area contributed by atoms with Gasteiger partial charge >= 0.3 is 0 Å². The molecule has 2 aromatic rings. The quantitative estimate of drug-likeness (QED) is 0.923. The number of ether oxygens (including phenoxy) is 1. The summed E-state index contributed by atoms with van der Waals surface area (Å²) in [6.07, 6.45) is 6.39. The summed E-state index contributed by atoms with van der Waals surface area (Å²) in [4.78, 5) is 17.8. The molecule has 2 aliphatic heterocycles. The minimum absolute atomic E-state index is 0.155. The third kappa shape index (κ3) is 3.44. The van der Waals surface area contributed by atoms with Gasteiger partial charge in [-0.2, -0.15) is 0 Å². The molecule has 1 saturated heterocycles. The van der Waals surface area contributed by atoms with Gasteiger partial charge in [-0.3, -0.25) is 9.78 Å². The van der Waals surface area contributed by atoms with Gasteiger partial charge in [-0.05, 0) is 17.7 Å². The molecule has 1 fully saturated rings. The predicted molar refractivity (Wildman–Crippen MR) is 99.7 cm³/mol. The maximum atomic E-state index is 11.7. The van der Waals surface area contributed by atoms with Crippen LogP contribution in [0.5, 0.6) is 5.75 Å². The highest BCUT2D eigenvalue weighted by molar-refractivity contribution is 5.73. The van der Waals surface area contributed by atoms with Crippen molar-refractivity contribution in [1.29, 1.82) is 0 Å². The fourth-order valence-corrected chi connectivity index (χ4v) is 4.08. The Balaban J connectivity index is 1.53. The number of amides is 1. The molecule has 5 nitrogen and oxygen atoms in total. The highest BCUT2D eigenvalue weighted by Gasteiger charge is 2.43. The van der Waals surface area contributed by atoms with Gasteiger partial charge in [0.1, 0.15) is 11.4 Å². The van der Waals surface area contributed by atoms with E-state index in [1.807, 2.05) is 23.2 Å². The van der Waals surface area contributed by atoms with Gasteiger partial charge in [0, 0.05) is 69.8 Å². The second-order valence-corrected chi connectivity index (χ2v) is 7.33. The molecule has 0 radical (unpaired) electrons. The standard InChI is InChI=1S/C21H25N3O2/c1-16(25)24-11-8-21(9-12-24)13-19(18-6-2-3-7-20(18)26-21)23-15-17-5-4-10-22-14-17/h2-7,10,14,19,23H,8-9,11-13,15H2,1H3. The number of likely N-dealkylation sites (tertiary alicyclic amines) is 1. The summed E-state index contributed by atoms with van der Waals surface area (Å²) < 4.78 is 6.48. The number of hydrogen-bond acceptors (Lipinski definition) is 4. The molecule has 1 aromatic heterocycles. The van der Waals surface area contributed by atoms with Gasteiger partial charge in [-0.15, -0.1) is 0 Å². The van der Waals surface area contributed by atoms with Crippen molar-refractivity contribution in [3.8, 4) is 5.75 Å². The number of fused-ring (bicyclic) bond motifs is 1. The first-order chi connectivity index (χ1) is 12.7. The first-order valence-corrected chi connectivity index (χ1v) is 9.31. The van der Waals surface area contributed by atoms with E-state index in [1.165, 1.54) is 11.1 Å². The summed E-state index contributed by atoms with van der Waals surface area (Å²) in [5.74, 6) is 1.13. The molecule has 1 aromatic carbocycles. The molecule has 1 spiro atoms. The van der Waals surface area contributed by atoms with Crippen LogP contribution in [0.2, 0.25) is 0 Å². The molecule has 1 N–H and O–H groups in total. The topological polar surface area (TPSA) is 54.5 Å². The van der Waals surface area contributed by atoms with Crippen molar-refractivity contribution in [1.82, 2.24) is 15.2 Å². The van der Waals surface area contributed by atoms with Crippen LogP contribution in [-0.4, -0.2) is 34.5 Å². The monoisotopic (exact) mass is 351 g/mol. The summed E-state index contributed by atoms with van der Waals surface area (Å²) in [6, 6.07) is 12.6. The van der Waals surface area contributed by atoms with Crippen LogP contribution in [0.3, 0.4) is 0 Å². The molecule has 26 heavy (non-hydrogen) atoms. The van der Waals surface area contributed by atoms with Crippen molar-refractivity contribution in [2.45, 2.75) is 44.4 Å². The highest BCUT2D eigenvalue weighted by atomic mass is 16.5. The van der Waals surface area contributed by atoms with Crippen LogP contribution in [0.25, 0.3) is 0 Å². The molecule has 1 atom stereocenters. The van der Waals surface area contributed by atoms with Gasteiger partial charge in [0.2, 0.25) is 5.91 Å². The minimum Gasteiger partial charge on any atom is -0.487 e. The molecule has 1 amide bonds. The number of nitrogens with zero attached hydrogens (tertiary/aromatic N) is 2. The smallest absolute Gasteiger partial charge is 0.219 e. The van der Waals surface area contributed by atoms with Crippen LogP contribution < -0.4 is 10.1 Å². The normalized spacial score (nSPS) is 21.1. The average molecular weight is 351 g/mol. The Kier molecular flexibility index (Phi) is 4.64. The number of carbonyl (C=O) groups is 1. The van der Waals surface area contributed by atoms with Crippen molar-refractivity contribution in [3.63, 3.8) is 0 Å². The molecule has 5 heteroatoms. The van der Waals surface area contributed by atoms with Gasteiger partial charge in [0.25, 0.3) is 0 Å². The third-order valence-corrected chi connectivity index (χ3v) is 5.59. The molecule has 2 aliphatic rings. The highest BCUT2D eigenvalue weighted by Crippen LogP contribution is 2.44. The molecule has 0 bridgehead atoms. The number of nitrogens with one attached hydrogen (secondary N) is 1. The second kappa shape index (κ2) is 7.08. The Labute approximate surface area is 154 Å². The fraction of sp³-hybridized carbons (Fsp3) is 0.429. The van der Waals surface area contributed by atoms with Crippen LogP contribution in [0.4, 0.5) is 0 Å². The van der Waals surface area contributed by atoms with E-state index in [0.717, 1.165) is 44.6 Å². The number of rotatable bonds is 3. The van der Waals surface area contributed by atoms with Crippen molar-refractivity contribution >= 4 is 5.91 Å². The lowest BCUT2D eigenvalue weighted by molar-refractivity contribution is -0.133. The zero-order valence-electron chi connectivity index (χ0n) is 15.1. The summed E-state index contributed by atoms with van der Waals surface area (Å²) in [7, 11) is 0. The van der Waals surface area contributed by atoms with Gasteiger partial charge in [0.15, 0.2) is 0 Å². The Hall–Kier alpha value is -2.40. The third-order valence-electron chi connectivity index (χ3n) is 5.59. The maximum Gasteiger partial charge on any atom is 0.219 e. The van der Waals surface area contributed by atoms with Gasteiger partial charge in [-0.25, -0.2) is 0 Å². The van der Waals surface area contributed by atoms with Gasteiger partial charge < -0.3 is 15.0 Å². The first-order valence-electron chi connectivity index (χ1n) is 9.31. The van der Waals surface area contributed by atoms with E-state index in [4.69, 9.17) is 4.74 Å². The molecule has 0 aliphatic carbocycles. The largest absolute Gasteiger partial charge is 0.487 e. The van der Waals surface area contributed by atoms with E-state index in [9.17, 15) is 4.79 Å². The molecule has 0 saturated carbocycles. The zero-order chi connectivity index (χ0) is 18.0. The number of carbonyl (C=O) groups excluding carboxylic acids is 1. The van der Waals surface area contributed by atoms with E-state index in [-0.39, 0.29) is 17.6 Å². The maximum absolute atomic E-state index is 11.7. The van der Waals surface area contributed by atoms with Crippen molar-refractivity contribution < 1.29 is 9.53 Å². The lowest BCUT2D eigenvalue weighted by Crippen LogP contribution is -2.52. The molecule has 1 unspecified atom stereocenters. The number of piperidine rings is 1. The number of para-hydroxylation sites is 1. The lowest BCUT2D eigenvalue weighted by Gasteiger charge is -2.47. The SMILES string of the molecule is CC(=O)N1CCC2(CC1)CC(NCc1cccnc1)c1ccccc1O2. The van der Waals surface area contributed by atoms with Crippen LogP contribution in [0.15, 0.2) is 48.8 Å². The summed E-state index contributed by atoms with van der Waals surface area (Å²) in [5.41, 5.74) is 2.21. The number of aromatic nitrogens is 1. The van der Waals surface area contributed by atoms with Crippen LogP contribution in [-0.2, 0) is 11.3 Å². The van der Waals surface area contributed by atoms with E-state index >= 15 is 0 Å². The van der Waals surface area contributed by atoms with E-state index in [2.05, 4.69) is 34.6 Å². The Morgan fingerprint density at radius 2 is 2.08 bits per heavy atom. The van der Waals surface area contributed by atoms with Crippen LogP contribution in [0.1, 0.15) is 43.4 Å². The van der Waals surface area contributed by atoms with Gasteiger partial charge in [0.05, 0.1) is 0 Å². The van der Waals surface area contributed by atoms with Crippen molar-refractivity contribution in [3.05, 3.63) is 59.9 Å². The lowest BCUT2D eigenvalue weighted by atomic mass is 9.80. The number of hydrogen-bond donors (Lipinski definition) is 1. The predicted octanol–water partition coefficient (Wildman–Crippen LogP) is 3.08. The van der Waals surface area contributed by atoms with Gasteiger partial charge in [-0.1, -0.05) is 24.3 Å². The Bertz CT molecular complexity index is 770. The Morgan fingerprint density at radius 3 is 2.81 bits per heavy atom. The fourth-order valence-electron chi connectivity index (χ4n) is 4.08. The van der Waals surface area contributed by atoms with Crippen molar-refractivity contribution in [2.24, 2.45) is 0 Å². The number of pyridine rings is 1. The molecule has 4 rings (SSSR count). The molecule has 136 valence electrons. The van der Waals surface area contributed by atoms with E-state index in [1.54, 1.807) is 13.1 Å².